The lowest BCUT2D eigenvalue weighted by atomic mass is 10.1. The van der Waals surface area contributed by atoms with Crippen molar-refractivity contribution in [3.63, 3.8) is 0 Å². The number of thioether (sulfide) groups is 1. The standard InChI is InChI=1S/C20H21N5OS/c1-15-9-5-6-12-17(15)25-20(21-22-23-25)27-18(16-10-3-2-4-11-16)19(26)24-13-7-8-14-24/h2-6,9-12,18H,7-8,13-14H2,1H3/t18-/m1/s1. The Hall–Kier alpha value is -2.67. The highest BCUT2D eigenvalue weighted by Gasteiger charge is 2.30. The maximum absolute atomic E-state index is 13.2. The summed E-state index contributed by atoms with van der Waals surface area (Å²) < 4.78 is 1.72. The summed E-state index contributed by atoms with van der Waals surface area (Å²) in [5.41, 5.74) is 2.97. The lowest BCUT2D eigenvalue weighted by Gasteiger charge is -2.22. The number of nitrogens with zero attached hydrogens (tertiary/aromatic N) is 5. The quantitative estimate of drug-likeness (QED) is 0.636. The van der Waals surface area contributed by atoms with Gasteiger partial charge in [-0.05, 0) is 47.4 Å². The van der Waals surface area contributed by atoms with Crippen LogP contribution in [0.1, 0.15) is 29.2 Å². The van der Waals surface area contributed by atoms with Gasteiger partial charge in [0.05, 0.1) is 5.69 Å². The molecule has 2 heterocycles. The zero-order chi connectivity index (χ0) is 18.6. The van der Waals surface area contributed by atoms with E-state index in [1.165, 1.54) is 11.8 Å². The second-order valence-electron chi connectivity index (χ2n) is 6.60. The minimum atomic E-state index is -0.363. The first kappa shape index (κ1) is 17.7. The van der Waals surface area contributed by atoms with Gasteiger partial charge < -0.3 is 4.90 Å². The summed E-state index contributed by atoms with van der Waals surface area (Å²) in [6, 6.07) is 17.8. The molecule has 1 atom stereocenters. The van der Waals surface area contributed by atoms with Gasteiger partial charge in [0, 0.05) is 13.1 Å². The van der Waals surface area contributed by atoms with E-state index in [9.17, 15) is 4.79 Å². The molecule has 1 aromatic heterocycles. The highest BCUT2D eigenvalue weighted by atomic mass is 32.2. The Kier molecular flexibility index (Phi) is 5.20. The number of hydrogen-bond donors (Lipinski definition) is 0. The van der Waals surface area contributed by atoms with Crippen LogP contribution < -0.4 is 0 Å². The van der Waals surface area contributed by atoms with Crippen molar-refractivity contribution >= 4 is 17.7 Å². The van der Waals surface area contributed by atoms with Crippen molar-refractivity contribution in [3.05, 3.63) is 65.7 Å². The summed E-state index contributed by atoms with van der Waals surface area (Å²) in [6.45, 7) is 3.67. The van der Waals surface area contributed by atoms with Gasteiger partial charge in [0.15, 0.2) is 0 Å². The number of amides is 1. The summed E-state index contributed by atoms with van der Waals surface area (Å²) in [5.74, 6) is 0.128. The first-order valence-electron chi connectivity index (χ1n) is 9.09. The predicted molar refractivity (Wildman–Crippen MR) is 105 cm³/mol. The number of benzene rings is 2. The molecule has 1 aliphatic rings. The molecule has 2 aromatic carbocycles. The molecule has 1 amide bonds. The monoisotopic (exact) mass is 379 g/mol. The lowest BCUT2D eigenvalue weighted by Crippen LogP contribution is -2.31. The average Bonchev–Trinajstić information content (AvgIpc) is 3.39. The highest BCUT2D eigenvalue weighted by Crippen LogP contribution is 2.37. The van der Waals surface area contributed by atoms with Crippen LogP contribution in [0.5, 0.6) is 0 Å². The molecule has 7 heteroatoms. The molecule has 0 spiro atoms. The minimum Gasteiger partial charge on any atom is -0.341 e. The van der Waals surface area contributed by atoms with Gasteiger partial charge in [-0.2, -0.15) is 4.68 Å². The number of aryl methyl sites for hydroxylation is 1. The minimum absolute atomic E-state index is 0.128. The van der Waals surface area contributed by atoms with E-state index in [0.29, 0.717) is 5.16 Å². The molecule has 0 radical (unpaired) electrons. The zero-order valence-electron chi connectivity index (χ0n) is 15.2. The first-order chi connectivity index (χ1) is 13.2. The summed E-state index contributed by atoms with van der Waals surface area (Å²) >= 11 is 1.41. The molecule has 0 aliphatic carbocycles. The Balaban J connectivity index is 1.68. The smallest absolute Gasteiger partial charge is 0.240 e. The van der Waals surface area contributed by atoms with Crippen molar-refractivity contribution in [2.24, 2.45) is 0 Å². The average molecular weight is 379 g/mol. The summed E-state index contributed by atoms with van der Waals surface area (Å²) in [7, 11) is 0. The number of aromatic nitrogens is 4. The Morgan fingerprint density at radius 2 is 1.74 bits per heavy atom. The topological polar surface area (TPSA) is 63.9 Å². The Bertz CT molecular complexity index is 921. The number of tetrazole rings is 1. The third-order valence-electron chi connectivity index (χ3n) is 4.75. The van der Waals surface area contributed by atoms with Crippen LogP contribution in [0.25, 0.3) is 5.69 Å². The van der Waals surface area contributed by atoms with Crippen molar-refractivity contribution in [3.8, 4) is 5.69 Å². The summed E-state index contributed by atoms with van der Waals surface area (Å²) in [5, 5.41) is 12.5. The van der Waals surface area contributed by atoms with E-state index in [1.54, 1.807) is 4.68 Å². The number of carbonyl (C=O) groups is 1. The molecule has 27 heavy (non-hydrogen) atoms. The van der Waals surface area contributed by atoms with Crippen molar-refractivity contribution in [2.75, 3.05) is 13.1 Å². The van der Waals surface area contributed by atoms with Gasteiger partial charge in [-0.1, -0.05) is 60.3 Å². The molecule has 0 N–H and O–H groups in total. The van der Waals surface area contributed by atoms with E-state index < -0.39 is 0 Å². The largest absolute Gasteiger partial charge is 0.341 e. The molecule has 0 saturated carbocycles. The van der Waals surface area contributed by atoms with Crippen LogP contribution in [0.4, 0.5) is 0 Å². The molecule has 6 nitrogen and oxygen atoms in total. The van der Waals surface area contributed by atoms with E-state index >= 15 is 0 Å². The van der Waals surface area contributed by atoms with Crippen LogP contribution in [0.3, 0.4) is 0 Å². The maximum Gasteiger partial charge on any atom is 0.240 e. The van der Waals surface area contributed by atoms with E-state index in [0.717, 1.165) is 42.7 Å². The molecule has 0 unspecified atom stereocenters. The van der Waals surface area contributed by atoms with Crippen LogP contribution in [0, 0.1) is 6.92 Å². The zero-order valence-corrected chi connectivity index (χ0v) is 16.0. The van der Waals surface area contributed by atoms with Gasteiger partial charge in [-0.15, -0.1) is 5.10 Å². The van der Waals surface area contributed by atoms with E-state index in [2.05, 4.69) is 15.5 Å². The third-order valence-corrected chi connectivity index (χ3v) is 5.93. The van der Waals surface area contributed by atoms with Crippen LogP contribution in [-0.2, 0) is 4.79 Å². The van der Waals surface area contributed by atoms with Crippen molar-refractivity contribution in [2.45, 2.75) is 30.2 Å². The van der Waals surface area contributed by atoms with Gasteiger partial charge in [0.1, 0.15) is 5.25 Å². The van der Waals surface area contributed by atoms with Crippen LogP contribution >= 0.6 is 11.8 Å². The number of likely N-dealkylation sites (tertiary alicyclic amines) is 1. The molecule has 3 aromatic rings. The normalized spacial score (nSPS) is 15.1. The maximum atomic E-state index is 13.2. The number of rotatable bonds is 5. The van der Waals surface area contributed by atoms with Gasteiger partial charge in [-0.25, -0.2) is 0 Å². The van der Waals surface area contributed by atoms with Crippen LogP contribution in [0.15, 0.2) is 59.8 Å². The van der Waals surface area contributed by atoms with E-state index in [1.807, 2.05) is 66.4 Å². The molecular formula is C20H21N5OS. The summed E-state index contributed by atoms with van der Waals surface area (Å²) in [6.07, 6.45) is 2.14. The number of carbonyl (C=O) groups excluding carboxylic acids is 1. The highest BCUT2D eigenvalue weighted by molar-refractivity contribution is 8.00. The lowest BCUT2D eigenvalue weighted by molar-refractivity contribution is -0.129. The molecule has 1 fully saturated rings. The van der Waals surface area contributed by atoms with Gasteiger partial charge in [0.25, 0.3) is 0 Å². The Morgan fingerprint density at radius 3 is 2.48 bits per heavy atom. The van der Waals surface area contributed by atoms with Gasteiger partial charge in [-0.3, -0.25) is 4.79 Å². The third kappa shape index (κ3) is 3.73. The fraction of sp³-hybridized carbons (Fsp3) is 0.300. The number of para-hydroxylation sites is 1. The molecule has 138 valence electrons. The second-order valence-corrected chi connectivity index (χ2v) is 7.67. The van der Waals surface area contributed by atoms with E-state index in [-0.39, 0.29) is 11.2 Å². The fourth-order valence-electron chi connectivity index (χ4n) is 3.30. The van der Waals surface area contributed by atoms with Crippen molar-refractivity contribution < 1.29 is 4.79 Å². The molecule has 1 aliphatic heterocycles. The molecule has 0 bridgehead atoms. The molecular weight excluding hydrogens is 358 g/mol. The number of hydrogen-bond acceptors (Lipinski definition) is 5. The van der Waals surface area contributed by atoms with Crippen molar-refractivity contribution in [1.29, 1.82) is 0 Å². The van der Waals surface area contributed by atoms with Crippen LogP contribution in [0.2, 0.25) is 0 Å². The van der Waals surface area contributed by atoms with Crippen molar-refractivity contribution in [1.82, 2.24) is 25.1 Å². The van der Waals surface area contributed by atoms with Crippen LogP contribution in [-0.4, -0.2) is 44.1 Å². The molecule has 1 saturated heterocycles. The first-order valence-corrected chi connectivity index (χ1v) is 9.97. The van der Waals surface area contributed by atoms with Gasteiger partial charge >= 0.3 is 0 Å². The Labute approximate surface area is 162 Å². The SMILES string of the molecule is Cc1ccccc1-n1nnnc1S[C@@H](C(=O)N1CCCC1)c1ccccc1. The second kappa shape index (κ2) is 7.92. The molecule has 4 rings (SSSR count). The fourth-order valence-corrected chi connectivity index (χ4v) is 4.37. The predicted octanol–water partition coefficient (Wildman–Crippen LogP) is 3.43. The summed E-state index contributed by atoms with van der Waals surface area (Å²) in [4.78, 5) is 15.2. The van der Waals surface area contributed by atoms with Gasteiger partial charge in [0.2, 0.25) is 11.1 Å². The Morgan fingerprint density at radius 1 is 1.04 bits per heavy atom. The van der Waals surface area contributed by atoms with E-state index in [4.69, 9.17) is 0 Å².